The molecular formula is C16H15NO2. The van der Waals surface area contributed by atoms with Crippen molar-refractivity contribution in [2.24, 2.45) is 5.41 Å². The van der Waals surface area contributed by atoms with Crippen LogP contribution in [0.15, 0.2) is 24.3 Å². The maximum absolute atomic E-state index is 11.4. The highest BCUT2D eigenvalue weighted by atomic mass is 16.6. The first-order valence-electron chi connectivity index (χ1n) is 6.15. The van der Waals surface area contributed by atoms with Gasteiger partial charge in [-0.25, -0.2) is 0 Å². The molecule has 0 N–H and O–H groups in total. The quantitative estimate of drug-likeness (QED) is 0.614. The van der Waals surface area contributed by atoms with Crippen LogP contribution in [0.3, 0.4) is 0 Å². The van der Waals surface area contributed by atoms with Crippen LogP contribution in [-0.2, 0) is 15.1 Å². The third kappa shape index (κ3) is 1.98. The highest BCUT2D eigenvalue weighted by molar-refractivity contribution is 5.68. The lowest BCUT2D eigenvalue weighted by atomic mass is 9.79. The van der Waals surface area contributed by atoms with Gasteiger partial charge in [0, 0.05) is 12.5 Å². The number of rotatable bonds is 3. The van der Waals surface area contributed by atoms with Gasteiger partial charge < -0.3 is 4.74 Å². The van der Waals surface area contributed by atoms with Crippen molar-refractivity contribution in [3.05, 3.63) is 35.4 Å². The Morgan fingerprint density at radius 3 is 2.37 bits per heavy atom. The van der Waals surface area contributed by atoms with Gasteiger partial charge in [0.1, 0.15) is 5.41 Å². The van der Waals surface area contributed by atoms with Gasteiger partial charge in [-0.3, -0.25) is 4.79 Å². The van der Waals surface area contributed by atoms with Crippen molar-refractivity contribution >= 4 is 5.97 Å². The van der Waals surface area contributed by atoms with E-state index in [-0.39, 0.29) is 0 Å². The second kappa shape index (κ2) is 4.44. The minimum absolute atomic E-state index is 0.472. The number of nitrogens with zero attached hydrogens (tertiary/aromatic N) is 1. The largest absolute Gasteiger partial charge is 0.440 e. The van der Waals surface area contributed by atoms with Gasteiger partial charge in [-0.1, -0.05) is 35.7 Å². The third-order valence-electron chi connectivity index (χ3n) is 3.60. The SMILES string of the molecule is C#C[C@](OC(C)=O)(c1ccc(C)cc1)C1(C#N)CC1. The van der Waals surface area contributed by atoms with Crippen LogP contribution in [0.4, 0.5) is 0 Å². The number of hydrogen-bond donors (Lipinski definition) is 0. The number of aryl methyl sites for hydroxylation is 1. The van der Waals surface area contributed by atoms with E-state index in [0.717, 1.165) is 5.56 Å². The molecule has 96 valence electrons. The summed E-state index contributed by atoms with van der Waals surface area (Å²) in [4.78, 5) is 11.4. The number of terminal acetylenes is 1. The van der Waals surface area contributed by atoms with Crippen LogP contribution in [-0.4, -0.2) is 5.97 Å². The zero-order valence-corrected chi connectivity index (χ0v) is 11.1. The molecule has 0 bridgehead atoms. The van der Waals surface area contributed by atoms with Gasteiger partial charge in [0.25, 0.3) is 0 Å². The molecule has 1 saturated carbocycles. The molecule has 0 saturated heterocycles. The van der Waals surface area contributed by atoms with Crippen LogP contribution in [0.25, 0.3) is 0 Å². The first-order valence-corrected chi connectivity index (χ1v) is 6.15. The smallest absolute Gasteiger partial charge is 0.304 e. The molecule has 0 aliphatic heterocycles. The van der Waals surface area contributed by atoms with Crippen LogP contribution >= 0.6 is 0 Å². The first kappa shape index (κ1) is 13.2. The predicted molar refractivity (Wildman–Crippen MR) is 70.7 cm³/mol. The Balaban J connectivity index is 2.57. The molecule has 1 fully saturated rings. The zero-order valence-electron chi connectivity index (χ0n) is 11.1. The summed E-state index contributed by atoms with van der Waals surface area (Å²) in [5.41, 5.74) is -0.293. The molecular weight excluding hydrogens is 238 g/mol. The van der Waals surface area contributed by atoms with Gasteiger partial charge in [-0.05, 0) is 19.8 Å². The Morgan fingerprint density at radius 2 is 2.00 bits per heavy atom. The first-order chi connectivity index (χ1) is 8.99. The number of carbonyl (C=O) groups is 1. The maximum atomic E-state index is 11.4. The number of benzene rings is 1. The fourth-order valence-corrected chi connectivity index (χ4v) is 2.36. The van der Waals surface area contributed by atoms with Crippen LogP contribution < -0.4 is 0 Å². The van der Waals surface area contributed by atoms with Crippen molar-refractivity contribution in [2.75, 3.05) is 0 Å². The lowest BCUT2D eigenvalue weighted by Gasteiger charge is -2.32. The Labute approximate surface area is 113 Å². The highest BCUT2D eigenvalue weighted by Crippen LogP contribution is 2.59. The third-order valence-corrected chi connectivity index (χ3v) is 3.60. The second-order valence-corrected chi connectivity index (χ2v) is 4.98. The standard InChI is InChI=1S/C16H15NO2/c1-4-16(19-13(3)18,15(11-17)9-10-15)14-7-5-12(2)6-8-14/h1,5-8H,9-10H2,2-3H3/t16-/m0/s1. The van der Waals surface area contributed by atoms with Gasteiger partial charge in [0.05, 0.1) is 6.07 Å². The second-order valence-electron chi connectivity index (χ2n) is 4.98. The number of esters is 1. The number of carbonyl (C=O) groups excluding carboxylic acids is 1. The molecule has 0 aromatic heterocycles. The molecule has 3 heteroatoms. The Kier molecular flexibility index (Phi) is 3.08. The monoisotopic (exact) mass is 253 g/mol. The van der Waals surface area contributed by atoms with E-state index < -0.39 is 17.0 Å². The summed E-state index contributed by atoms with van der Waals surface area (Å²) in [5.74, 6) is 2.10. The molecule has 0 radical (unpaired) electrons. The van der Waals surface area contributed by atoms with E-state index in [1.807, 2.05) is 31.2 Å². The Hall–Kier alpha value is -2.26. The fourth-order valence-electron chi connectivity index (χ4n) is 2.36. The topological polar surface area (TPSA) is 50.1 Å². The summed E-state index contributed by atoms with van der Waals surface area (Å²) in [7, 11) is 0. The number of hydrogen-bond acceptors (Lipinski definition) is 3. The summed E-state index contributed by atoms with van der Waals surface area (Å²) in [5, 5.41) is 9.42. The van der Waals surface area contributed by atoms with Crippen LogP contribution in [0.2, 0.25) is 0 Å². The van der Waals surface area contributed by atoms with Crippen LogP contribution in [0.5, 0.6) is 0 Å². The molecule has 3 nitrogen and oxygen atoms in total. The van der Waals surface area contributed by atoms with Gasteiger partial charge in [0.15, 0.2) is 0 Å². The molecule has 1 aromatic carbocycles. The minimum Gasteiger partial charge on any atom is -0.440 e. The van der Waals surface area contributed by atoms with Crippen LogP contribution in [0.1, 0.15) is 30.9 Å². The summed E-state index contributed by atoms with van der Waals surface area (Å²) >= 11 is 0. The molecule has 1 atom stereocenters. The maximum Gasteiger partial charge on any atom is 0.304 e. The van der Waals surface area contributed by atoms with E-state index in [1.54, 1.807) is 0 Å². The molecule has 0 spiro atoms. The van der Waals surface area contributed by atoms with Crippen molar-refractivity contribution in [1.82, 2.24) is 0 Å². The molecule has 1 aliphatic carbocycles. The summed E-state index contributed by atoms with van der Waals surface area (Å²) in [6, 6.07) is 9.70. The van der Waals surface area contributed by atoms with E-state index >= 15 is 0 Å². The van der Waals surface area contributed by atoms with Crippen molar-refractivity contribution in [3.8, 4) is 18.4 Å². The predicted octanol–water partition coefficient (Wildman–Crippen LogP) is 2.69. The fraction of sp³-hybridized carbons (Fsp3) is 0.375. The van der Waals surface area contributed by atoms with Crippen molar-refractivity contribution in [2.45, 2.75) is 32.3 Å². The average Bonchev–Trinajstić information content (AvgIpc) is 3.18. The molecule has 0 unspecified atom stereocenters. The van der Waals surface area contributed by atoms with Gasteiger partial charge in [-0.2, -0.15) is 5.26 Å². The number of nitriles is 1. The molecule has 19 heavy (non-hydrogen) atoms. The van der Waals surface area contributed by atoms with E-state index in [9.17, 15) is 10.1 Å². The van der Waals surface area contributed by atoms with E-state index in [1.165, 1.54) is 6.92 Å². The molecule has 0 amide bonds. The zero-order chi connectivity index (χ0) is 14.1. The summed E-state index contributed by atoms with van der Waals surface area (Å²) in [6.45, 7) is 3.28. The van der Waals surface area contributed by atoms with Crippen LogP contribution in [0, 0.1) is 36.0 Å². The Morgan fingerprint density at radius 1 is 1.42 bits per heavy atom. The molecule has 0 heterocycles. The van der Waals surface area contributed by atoms with Gasteiger partial charge in [-0.15, -0.1) is 6.42 Å². The highest BCUT2D eigenvalue weighted by Gasteiger charge is 2.63. The average molecular weight is 253 g/mol. The van der Waals surface area contributed by atoms with E-state index in [0.29, 0.717) is 18.4 Å². The summed E-state index contributed by atoms with van der Waals surface area (Å²) in [6.07, 6.45) is 6.94. The lowest BCUT2D eigenvalue weighted by molar-refractivity contribution is -0.156. The van der Waals surface area contributed by atoms with Gasteiger partial charge >= 0.3 is 5.97 Å². The van der Waals surface area contributed by atoms with E-state index in [2.05, 4.69) is 12.0 Å². The van der Waals surface area contributed by atoms with Crippen molar-refractivity contribution in [1.29, 1.82) is 5.26 Å². The van der Waals surface area contributed by atoms with Gasteiger partial charge in [0.2, 0.25) is 5.60 Å². The van der Waals surface area contributed by atoms with Crippen molar-refractivity contribution in [3.63, 3.8) is 0 Å². The molecule has 2 rings (SSSR count). The normalized spacial score (nSPS) is 18.5. The summed E-state index contributed by atoms with van der Waals surface area (Å²) < 4.78 is 5.43. The molecule has 1 aliphatic rings. The molecule has 1 aromatic rings. The van der Waals surface area contributed by atoms with Crippen molar-refractivity contribution < 1.29 is 9.53 Å². The number of ether oxygens (including phenoxy) is 1. The Bertz CT molecular complexity index is 585. The van der Waals surface area contributed by atoms with E-state index in [4.69, 9.17) is 11.2 Å². The minimum atomic E-state index is -1.28. The lowest BCUT2D eigenvalue weighted by Crippen LogP contribution is -2.39.